The minimum atomic E-state index is -0.345. The van der Waals surface area contributed by atoms with E-state index in [4.69, 9.17) is 27.9 Å². The van der Waals surface area contributed by atoms with Crippen LogP contribution in [-0.4, -0.2) is 17.6 Å². The van der Waals surface area contributed by atoms with Crippen molar-refractivity contribution in [1.82, 2.24) is 0 Å². The Morgan fingerprint density at radius 1 is 1.19 bits per heavy atom. The van der Waals surface area contributed by atoms with Crippen LogP contribution in [0.4, 0.5) is 5.69 Å². The van der Waals surface area contributed by atoms with E-state index in [1.54, 1.807) is 42.5 Å². The summed E-state index contributed by atoms with van der Waals surface area (Å²) in [6.45, 7) is -0.415. The number of carbonyl (C=O) groups excluding carboxylic acids is 1. The van der Waals surface area contributed by atoms with E-state index in [-0.39, 0.29) is 19.1 Å². The molecule has 2 N–H and O–H groups in total. The van der Waals surface area contributed by atoms with Crippen LogP contribution in [0.1, 0.15) is 5.56 Å². The number of benzene rings is 2. The van der Waals surface area contributed by atoms with E-state index in [2.05, 4.69) is 5.32 Å². The van der Waals surface area contributed by atoms with Crippen molar-refractivity contribution in [2.45, 2.75) is 6.61 Å². The number of ether oxygens (including phenoxy) is 1. The lowest BCUT2D eigenvalue weighted by atomic mass is 10.2. The summed E-state index contributed by atoms with van der Waals surface area (Å²) in [5.41, 5.74) is 1.04. The Balaban J connectivity index is 1.97. The molecule has 0 atom stereocenters. The number of aliphatic hydroxyl groups excluding tert-OH is 1. The number of amides is 1. The standard InChI is InChI=1S/C15H13Cl2NO3/c16-11-5-6-14(10(7-11)8-19)21-9-15(20)18-13-4-2-1-3-12(13)17/h1-7,19H,8-9H2,(H,18,20). The maximum atomic E-state index is 11.8. The molecule has 0 aromatic heterocycles. The number of hydrogen-bond acceptors (Lipinski definition) is 3. The number of aliphatic hydroxyl groups is 1. The van der Waals surface area contributed by atoms with Crippen LogP contribution in [-0.2, 0) is 11.4 Å². The lowest BCUT2D eigenvalue weighted by molar-refractivity contribution is -0.118. The van der Waals surface area contributed by atoms with Gasteiger partial charge < -0.3 is 15.2 Å². The fourth-order valence-electron chi connectivity index (χ4n) is 1.70. The Kier molecular flexibility index (Phi) is 5.44. The third-order valence-electron chi connectivity index (χ3n) is 2.70. The smallest absolute Gasteiger partial charge is 0.262 e. The van der Waals surface area contributed by atoms with Gasteiger partial charge >= 0.3 is 0 Å². The van der Waals surface area contributed by atoms with Crippen molar-refractivity contribution in [2.75, 3.05) is 11.9 Å². The van der Waals surface area contributed by atoms with E-state index in [0.717, 1.165) is 0 Å². The van der Waals surface area contributed by atoms with Crippen LogP contribution < -0.4 is 10.1 Å². The molecule has 1 amide bonds. The second-order valence-corrected chi connectivity index (χ2v) is 5.07. The van der Waals surface area contributed by atoms with Gasteiger partial charge in [-0.3, -0.25) is 4.79 Å². The Bertz CT molecular complexity index is 647. The number of carbonyl (C=O) groups is 1. The molecule has 0 radical (unpaired) electrons. The summed E-state index contributed by atoms with van der Waals surface area (Å²) >= 11 is 11.8. The topological polar surface area (TPSA) is 58.6 Å². The minimum Gasteiger partial charge on any atom is -0.483 e. The summed E-state index contributed by atoms with van der Waals surface area (Å²) in [5, 5.41) is 12.8. The van der Waals surface area contributed by atoms with E-state index in [9.17, 15) is 9.90 Å². The number of rotatable bonds is 5. The molecule has 4 nitrogen and oxygen atoms in total. The van der Waals surface area contributed by atoms with Gasteiger partial charge in [-0.15, -0.1) is 0 Å². The molecule has 0 aliphatic carbocycles. The highest BCUT2D eigenvalue weighted by atomic mass is 35.5. The van der Waals surface area contributed by atoms with Crippen LogP contribution in [0.3, 0.4) is 0 Å². The van der Waals surface area contributed by atoms with Gasteiger partial charge in [0.25, 0.3) is 5.91 Å². The van der Waals surface area contributed by atoms with Crippen molar-refractivity contribution in [1.29, 1.82) is 0 Å². The molecule has 0 fully saturated rings. The molecule has 0 bridgehead atoms. The fraction of sp³-hybridized carbons (Fsp3) is 0.133. The summed E-state index contributed by atoms with van der Waals surface area (Å²) < 4.78 is 5.38. The molecule has 0 aliphatic rings. The van der Waals surface area contributed by atoms with E-state index in [0.29, 0.717) is 27.0 Å². The third-order valence-corrected chi connectivity index (χ3v) is 3.26. The highest BCUT2D eigenvalue weighted by Crippen LogP contribution is 2.23. The number of anilines is 1. The second-order valence-electron chi connectivity index (χ2n) is 4.23. The maximum absolute atomic E-state index is 11.8. The van der Waals surface area contributed by atoms with Gasteiger partial charge in [0.15, 0.2) is 6.61 Å². The lowest BCUT2D eigenvalue weighted by Crippen LogP contribution is -2.20. The summed E-state index contributed by atoms with van der Waals surface area (Å²) in [6, 6.07) is 11.7. The first-order chi connectivity index (χ1) is 10.1. The van der Waals surface area contributed by atoms with Crippen molar-refractivity contribution in [3.8, 4) is 5.75 Å². The molecule has 0 saturated carbocycles. The monoisotopic (exact) mass is 325 g/mol. The molecule has 21 heavy (non-hydrogen) atoms. The van der Waals surface area contributed by atoms with E-state index < -0.39 is 0 Å². The fourth-order valence-corrected chi connectivity index (χ4v) is 2.08. The van der Waals surface area contributed by atoms with Crippen molar-refractivity contribution >= 4 is 34.8 Å². The van der Waals surface area contributed by atoms with Gasteiger partial charge in [-0.05, 0) is 30.3 Å². The van der Waals surface area contributed by atoms with Crippen molar-refractivity contribution in [2.24, 2.45) is 0 Å². The average molecular weight is 326 g/mol. The van der Waals surface area contributed by atoms with Crippen LogP contribution in [0, 0.1) is 0 Å². The Hall–Kier alpha value is -1.75. The van der Waals surface area contributed by atoms with Gasteiger partial charge in [0, 0.05) is 10.6 Å². The molecular formula is C15H13Cl2NO3. The Morgan fingerprint density at radius 2 is 1.95 bits per heavy atom. The summed E-state index contributed by atoms with van der Waals surface area (Å²) in [4.78, 5) is 11.8. The average Bonchev–Trinajstić information content (AvgIpc) is 2.48. The number of halogens is 2. The highest BCUT2D eigenvalue weighted by Gasteiger charge is 2.09. The molecule has 6 heteroatoms. The molecule has 2 aromatic carbocycles. The maximum Gasteiger partial charge on any atom is 0.262 e. The Morgan fingerprint density at radius 3 is 2.67 bits per heavy atom. The summed E-state index contributed by atoms with van der Waals surface area (Å²) in [6.07, 6.45) is 0. The first-order valence-corrected chi connectivity index (χ1v) is 6.92. The van der Waals surface area contributed by atoms with E-state index >= 15 is 0 Å². The van der Waals surface area contributed by atoms with E-state index in [1.807, 2.05) is 0 Å². The van der Waals surface area contributed by atoms with Gasteiger partial charge in [0.05, 0.1) is 17.3 Å². The first kappa shape index (κ1) is 15.6. The predicted molar refractivity (Wildman–Crippen MR) is 83.0 cm³/mol. The van der Waals surface area contributed by atoms with Crippen LogP contribution in [0.15, 0.2) is 42.5 Å². The molecule has 0 unspecified atom stereocenters. The molecule has 2 aromatic rings. The number of para-hydroxylation sites is 1. The number of hydrogen-bond donors (Lipinski definition) is 2. The van der Waals surface area contributed by atoms with Crippen LogP contribution in [0.2, 0.25) is 10.0 Å². The van der Waals surface area contributed by atoms with Crippen LogP contribution in [0.5, 0.6) is 5.75 Å². The normalized spacial score (nSPS) is 10.2. The van der Waals surface area contributed by atoms with E-state index in [1.165, 1.54) is 0 Å². The molecule has 0 spiro atoms. The molecule has 0 aliphatic heterocycles. The number of nitrogens with one attached hydrogen (secondary N) is 1. The third kappa shape index (κ3) is 4.36. The lowest BCUT2D eigenvalue weighted by Gasteiger charge is -2.11. The van der Waals surface area contributed by atoms with Gasteiger partial charge in [-0.2, -0.15) is 0 Å². The largest absolute Gasteiger partial charge is 0.483 e. The summed E-state index contributed by atoms with van der Waals surface area (Å²) in [5.74, 6) is 0.0677. The molecular weight excluding hydrogens is 313 g/mol. The second kappa shape index (κ2) is 7.31. The van der Waals surface area contributed by atoms with Gasteiger partial charge in [-0.1, -0.05) is 35.3 Å². The van der Waals surface area contributed by atoms with Gasteiger partial charge in [0.2, 0.25) is 0 Å². The molecule has 0 heterocycles. The van der Waals surface area contributed by atoms with Gasteiger partial charge in [0.1, 0.15) is 5.75 Å². The van der Waals surface area contributed by atoms with Crippen LogP contribution >= 0.6 is 23.2 Å². The first-order valence-electron chi connectivity index (χ1n) is 6.16. The van der Waals surface area contributed by atoms with Gasteiger partial charge in [-0.25, -0.2) is 0 Å². The zero-order chi connectivity index (χ0) is 15.2. The zero-order valence-corrected chi connectivity index (χ0v) is 12.5. The Labute approximate surface area is 132 Å². The van der Waals surface area contributed by atoms with Crippen LogP contribution in [0.25, 0.3) is 0 Å². The molecule has 110 valence electrons. The summed E-state index contributed by atoms with van der Waals surface area (Å²) in [7, 11) is 0. The SMILES string of the molecule is O=C(COc1ccc(Cl)cc1CO)Nc1ccccc1Cl. The minimum absolute atomic E-state index is 0.195. The quantitative estimate of drug-likeness (QED) is 0.884. The zero-order valence-electron chi connectivity index (χ0n) is 11.0. The predicted octanol–water partition coefficient (Wildman–Crippen LogP) is 3.50. The molecule has 2 rings (SSSR count). The molecule has 0 saturated heterocycles. The van der Waals surface area contributed by atoms with Crippen molar-refractivity contribution in [3.63, 3.8) is 0 Å². The van der Waals surface area contributed by atoms with Crippen molar-refractivity contribution in [3.05, 3.63) is 58.1 Å². The highest BCUT2D eigenvalue weighted by molar-refractivity contribution is 6.33. The van der Waals surface area contributed by atoms with Crippen molar-refractivity contribution < 1.29 is 14.6 Å².